The van der Waals surface area contributed by atoms with Gasteiger partial charge in [-0.1, -0.05) is 11.6 Å². The van der Waals surface area contributed by atoms with Crippen molar-refractivity contribution < 1.29 is 17.6 Å². The minimum Gasteiger partial charge on any atom is -0.345 e. The largest absolute Gasteiger partial charge is 0.345 e. The lowest BCUT2D eigenvalue weighted by Crippen LogP contribution is -2.23. The Morgan fingerprint density at radius 2 is 2.17 bits per heavy atom. The van der Waals surface area contributed by atoms with E-state index in [4.69, 9.17) is 11.6 Å². The predicted molar refractivity (Wildman–Crippen MR) is 121 cm³/mol. The van der Waals surface area contributed by atoms with Crippen LogP contribution in [-0.2, 0) is 10.0 Å². The number of sulfonamides is 1. The molecule has 0 bridgehead atoms. The molecule has 1 aliphatic rings. The number of hydrogen-bond acceptors (Lipinski definition) is 6. The molecule has 156 valence electrons. The molecule has 1 aliphatic heterocycles. The van der Waals surface area contributed by atoms with E-state index in [0.29, 0.717) is 22.6 Å². The topological polar surface area (TPSA) is 108 Å². The molecular weight excluding hydrogens is 548 g/mol. The van der Waals surface area contributed by atoms with E-state index in [1.165, 1.54) is 23.5 Å². The standard InChI is InChI=1S/C18H14ClFIN5O3S/c1-26-5-4-14(24-26)30(28,29)25-13-3-2-12(20)15(16(13)21)17(27)11-8-23-18-10(11)6-9(19)7-22-18/h2-3,6-8,25H,4-5H2,1H3,(H,22,23). The molecule has 8 nitrogen and oxygen atoms in total. The molecule has 1 aromatic carbocycles. The van der Waals surface area contributed by atoms with Crippen LogP contribution >= 0.6 is 34.2 Å². The van der Waals surface area contributed by atoms with Crippen molar-refractivity contribution >= 4 is 71.8 Å². The van der Waals surface area contributed by atoms with Crippen LogP contribution in [0.25, 0.3) is 11.0 Å². The van der Waals surface area contributed by atoms with Gasteiger partial charge < -0.3 is 4.98 Å². The number of hydrogen-bond donors (Lipinski definition) is 2. The number of nitrogens with one attached hydrogen (secondary N) is 2. The molecule has 0 spiro atoms. The lowest BCUT2D eigenvalue weighted by atomic mass is 10.0. The van der Waals surface area contributed by atoms with E-state index < -0.39 is 21.6 Å². The number of rotatable bonds is 4. The first-order valence-electron chi connectivity index (χ1n) is 8.64. The van der Waals surface area contributed by atoms with Crippen molar-refractivity contribution in [3.8, 4) is 0 Å². The molecule has 4 rings (SSSR count). The number of pyridine rings is 1. The number of ketones is 1. The van der Waals surface area contributed by atoms with Crippen molar-refractivity contribution in [2.75, 3.05) is 18.3 Å². The fourth-order valence-electron chi connectivity index (χ4n) is 3.08. The van der Waals surface area contributed by atoms with Gasteiger partial charge in [0, 0.05) is 43.4 Å². The number of hydrazone groups is 1. The van der Waals surface area contributed by atoms with Crippen LogP contribution in [0.15, 0.2) is 35.7 Å². The third-order valence-electron chi connectivity index (χ3n) is 4.55. The van der Waals surface area contributed by atoms with E-state index in [1.54, 1.807) is 35.7 Å². The summed E-state index contributed by atoms with van der Waals surface area (Å²) >= 11 is 7.73. The molecule has 2 aromatic heterocycles. The highest BCUT2D eigenvalue weighted by Crippen LogP contribution is 2.30. The lowest BCUT2D eigenvalue weighted by Gasteiger charge is -2.13. The van der Waals surface area contributed by atoms with Crippen LogP contribution in [0.2, 0.25) is 5.02 Å². The van der Waals surface area contributed by atoms with Gasteiger partial charge in [0.05, 0.1) is 19.8 Å². The minimum absolute atomic E-state index is 0.0182. The van der Waals surface area contributed by atoms with Crippen LogP contribution in [0, 0.1) is 9.39 Å². The summed E-state index contributed by atoms with van der Waals surface area (Å²) in [7, 11) is -2.26. The van der Waals surface area contributed by atoms with Gasteiger partial charge in [0.2, 0.25) is 0 Å². The van der Waals surface area contributed by atoms with Crippen molar-refractivity contribution in [3.63, 3.8) is 0 Å². The SMILES string of the molecule is CN1CCC(S(=O)(=O)Nc2ccc(F)c(C(=O)c3c[nH]c4ncc(Cl)cc34)c2I)=N1. The van der Waals surface area contributed by atoms with Gasteiger partial charge in [0.25, 0.3) is 10.0 Å². The summed E-state index contributed by atoms with van der Waals surface area (Å²) in [6.07, 6.45) is 3.11. The Morgan fingerprint density at radius 3 is 2.87 bits per heavy atom. The van der Waals surface area contributed by atoms with Gasteiger partial charge in [0.15, 0.2) is 10.8 Å². The molecule has 0 amide bonds. The molecule has 2 N–H and O–H groups in total. The van der Waals surface area contributed by atoms with E-state index in [9.17, 15) is 17.6 Å². The summed E-state index contributed by atoms with van der Waals surface area (Å²) in [5.74, 6) is -1.39. The van der Waals surface area contributed by atoms with Crippen molar-refractivity contribution in [2.45, 2.75) is 6.42 Å². The molecule has 0 saturated carbocycles. The summed E-state index contributed by atoms with van der Waals surface area (Å²) in [6, 6.07) is 3.88. The van der Waals surface area contributed by atoms with Crippen LogP contribution in [0.5, 0.6) is 0 Å². The minimum atomic E-state index is -3.93. The van der Waals surface area contributed by atoms with Gasteiger partial charge >= 0.3 is 0 Å². The number of anilines is 1. The lowest BCUT2D eigenvalue weighted by molar-refractivity contribution is 0.103. The summed E-state index contributed by atoms with van der Waals surface area (Å²) < 4.78 is 42.5. The number of aromatic amines is 1. The monoisotopic (exact) mass is 561 g/mol. The van der Waals surface area contributed by atoms with Crippen molar-refractivity contribution in [1.82, 2.24) is 15.0 Å². The van der Waals surface area contributed by atoms with Crippen LogP contribution < -0.4 is 4.72 Å². The van der Waals surface area contributed by atoms with E-state index in [1.807, 2.05) is 0 Å². The molecule has 30 heavy (non-hydrogen) atoms. The molecule has 0 unspecified atom stereocenters. The Morgan fingerprint density at radius 1 is 1.40 bits per heavy atom. The molecule has 0 atom stereocenters. The van der Waals surface area contributed by atoms with Crippen molar-refractivity contribution in [1.29, 1.82) is 0 Å². The fraction of sp³-hybridized carbons (Fsp3) is 0.167. The van der Waals surface area contributed by atoms with Gasteiger partial charge in [-0.2, -0.15) is 13.5 Å². The number of nitrogens with zero attached hydrogens (tertiary/aromatic N) is 3. The van der Waals surface area contributed by atoms with Crippen molar-refractivity contribution in [2.24, 2.45) is 5.10 Å². The summed E-state index contributed by atoms with van der Waals surface area (Å²) in [6.45, 7) is 0.484. The van der Waals surface area contributed by atoms with E-state index >= 15 is 0 Å². The maximum Gasteiger partial charge on any atom is 0.277 e. The first-order chi connectivity index (χ1) is 14.2. The number of fused-ring (bicyclic) bond motifs is 1. The van der Waals surface area contributed by atoms with E-state index in [0.717, 1.165) is 6.07 Å². The van der Waals surface area contributed by atoms with Crippen LogP contribution in [0.3, 0.4) is 0 Å². The highest BCUT2D eigenvalue weighted by Gasteiger charge is 2.28. The molecule has 0 aliphatic carbocycles. The zero-order chi connectivity index (χ0) is 21.6. The Bertz CT molecular complexity index is 1320. The molecule has 0 fully saturated rings. The first kappa shape index (κ1) is 21.0. The highest BCUT2D eigenvalue weighted by molar-refractivity contribution is 14.1. The average molecular weight is 562 g/mol. The Balaban J connectivity index is 1.75. The maximum absolute atomic E-state index is 14.7. The second-order valence-electron chi connectivity index (χ2n) is 6.60. The summed E-state index contributed by atoms with van der Waals surface area (Å²) in [5.41, 5.74) is 0.452. The number of halogens is 3. The summed E-state index contributed by atoms with van der Waals surface area (Å²) in [4.78, 5) is 20.1. The van der Waals surface area contributed by atoms with Crippen LogP contribution in [-0.4, -0.2) is 47.8 Å². The average Bonchev–Trinajstić information content (AvgIpc) is 3.30. The third-order valence-corrected chi connectivity index (χ3v) is 7.27. The maximum atomic E-state index is 14.7. The second-order valence-corrected chi connectivity index (χ2v) is 9.79. The zero-order valence-electron chi connectivity index (χ0n) is 15.4. The van der Waals surface area contributed by atoms with Gasteiger partial charge in [0.1, 0.15) is 11.5 Å². The Labute approximate surface area is 189 Å². The quantitative estimate of drug-likeness (QED) is 0.374. The van der Waals surface area contributed by atoms with Crippen LogP contribution in [0.1, 0.15) is 22.3 Å². The van der Waals surface area contributed by atoms with Crippen molar-refractivity contribution in [3.05, 3.63) is 56.1 Å². The molecule has 0 saturated heterocycles. The number of carbonyl (C=O) groups excluding carboxylic acids is 1. The third kappa shape index (κ3) is 3.76. The first-order valence-corrected chi connectivity index (χ1v) is 11.6. The number of carbonyl (C=O) groups is 1. The summed E-state index contributed by atoms with van der Waals surface area (Å²) in [5, 5.41) is 6.25. The predicted octanol–water partition coefficient (Wildman–Crippen LogP) is 3.58. The van der Waals surface area contributed by atoms with Gasteiger partial charge in [-0.3, -0.25) is 14.5 Å². The zero-order valence-corrected chi connectivity index (χ0v) is 19.1. The molecule has 3 aromatic rings. The highest BCUT2D eigenvalue weighted by atomic mass is 127. The van der Waals surface area contributed by atoms with Gasteiger partial charge in [-0.05, 0) is 40.8 Å². The number of H-pyrrole nitrogens is 1. The molecule has 0 radical (unpaired) electrons. The van der Waals surface area contributed by atoms with E-state index in [2.05, 4.69) is 19.8 Å². The van der Waals surface area contributed by atoms with Gasteiger partial charge in [-0.15, -0.1) is 0 Å². The fourth-order valence-corrected chi connectivity index (χ4v) is 5.42. The molecule has 3 heterocycles. The second kappa shape index (κ2) is 7.78. The number of benzene rings is 1. The van der Waals surface area contributed by atoms with E-state index in [-0.39, 0.29) is 31.8 Å². The smallest absolute Gasteiger partial charge is 0.277 e. The number of aromatic nitrogens is 2. The normalized spacial score (nSPS) is 14.3. The van der Waals surface area contributed by atoms with Gasteiger partial charge in [-0.25, -0.2) is 9.37 Å². The molecular formula is C18H14ClFIN5O3S. The Hall–Kier alpha value is -2.25. The Kier molecular flexibility index (Phi) is 5.45. The molecule has 12 heteroatoms. The van der Waals surface area contributed by atoms with Crippen LogP contribution in [0.4, 0.5) is 10.1 Å².